The largest absolute Gasteiger partial charge is 0.497 e. The average Bonchev–Trinajstić information content (AvgIpc) is 2.81. The van der Waals surface area contributed by atoms with Crippen molar-refractivity contribution in [3.8, 4) is 23.3 Å². The molecule has 3 aromatic carbocycles. The zero-order chi connectivity index (χ0) is 23.8. The average molecular weight is 485 g/mol. The predicted octanol–water partition coefficient (Wildman–Crippen LogP) is 6.43. The fourth-order valence-electron chi connectivity index (χ4n) is 2.93. The molecule has 7 nitrogen and oxygen atoms in total. The lowest BCUT2D eigenvalue weighted by molar-refractivity contribution is -0.384. The number of hydrogen-bond donors (Lipinski definition) is 0. The monoisotopic (exact) mass is 484 g/mol. The van der Waals surface area contributed by atoms with E-state index >= 15 is 0 Å². The van der Waals surface area contributed by atoms with E-state index in [1.807, 2.05) is 12.1 Å². The van der Waals surface area contributed by atoms with Gasteiger partial charge in [0.2, 0.25) is 0 Å². The maximum atomic E-state index is 10.9. The highest BCUT2D eigenvalue weighted by molar-refractivity contribution is 6.36. The zero-order valence-corrected chi connectivity index (χ0v) is 19.0. The van der Waals surface area contributed by atoms with Gasteiger partial charge in [0.1, 0.15) is 30.5 Å². The van der Waals surface area contributed by atoms with Crippen molar-refractivity contribution in [3.05, 3.63) is 92.0 Å². The number of benzene rings is 3. The van der Waals surface area contributed by atoms with Crippen LogP contribution in [-0.4, -0.2) is 25.2 Å². The van der Waals surface area contributed by atoms with Crippen molar-refractivity contribution >= 4 is 40.5 Å². The molecule has 0 aliphatic carbocycles. The van der Waals surface area contributed by atoms with Crippen LogP contribution in [0.3, 0.4) is 0 Å². The van der Waals surface area contributed by atoms with E-state index in [4.69, 9.17) is 37.4 Å². The summed E-state index contributed by atoms with van der Waals surface area (Å²) >= 11 is 12.5. The molecule has 0 unspecified atom stereocenters. The van der Waals surface area contributed by atoms with Crippen LogP contribution in [-0.2, 0) is 0 Å². The number of nitro groups is 1. The molecule has 0 N–H and O–H groups in total. The summed E-state index contributed by atoms with van der Waals surface area (Å²) in [7, 11) is 1.58. The number of methoxy groups -OCH3 is 1. The molecule has 0 aliphatic rings. The molecule has 0 saturated heterocycles. The lowest BCUT2D eigenvalue weighted by Crippen LogP contribution is -2.10. The molecular formula is C24H18Cl2N2O5. The van der Waals surface area contributed by atoms with E-state index in [0.717, 1.165) is 0 Å². The topological polar surface area (TPSA) is 94.6 Å². The second kappa shape index (κ2) is 11.2. The highest BCUT2D eigenvalue weighted by Gasteiger charge is 2.13. The fraction of sp³-hybridized carbons (Fsp3) is 0.125. The second-order valence-electron chi connectivity index (χ2n) is 6.66. The first-order valence-corrected chi connectivity index (χ1v) is 10.4. The first-order chi connectivity index (χ1) is 15.9. The molecule has 0 bridgehead atoms. The molecule has 3 rings (SSSR count). The Bertz CT molecular complexity index is 1220. The van der Waals surface area contributed by atoms with E-state index in [-0.39, 0.29) is 29.5 Å². The van der Waals surface area contributed by atoms with Crippen LogP contribution in [0.4, 0.5) is 5.69 Å². The normalized spacial score (nSPS) is 10.9. The molecule has 168 valence electrons. The van der Waals surface area contributed by atoms with Crippen molar-refractivity contribution in [3.63, 3.8) is 0 Å². The quantitative estimate of drug-likeness (QED) is 0.114. The number of halogens is 2. The molecule has 0 aliphatic heterocycles. The summed E-state index contributed by atoms with van der Waals surface area (Å²) in [5, 5.41) is 21.2. The molecule has 33 heavy (non-hydrogen) atoms. The first-order valence-electron chi connectivity index (χ1n) is 9.66. The Morgan fingerprint density at radius 3 is 2.42 bits per heavy atom. The van der Waals surface area contributed by atoms with Gasteiger partial charge in [-0.05, 0) is 48.0 Å². The molecule has 3 aromatic rings. The Hall–Kier alpha value is -3.73. The van der Waals surface area contributed by atoms with Gasteiger partial charge in [0.15, 0.2) is 0 Å². The summed E-state index contributed by atoms with van der Waals surface area (Å²) in [6.45, 7) is 0.418. The first kappa shape index (κ1) is 23.9. The van der Waals surface area contributed by atoms with Gasteiger partial charge in [0.05, 0.1) is 28.7 Å². The summed E-state index contributed by atoms with van der Waals surface area (Å²) in [5.41, 5.74) is 1.19. The van der Waals surface area contributed by atoms with Gasteiger partial charge in [-0.25, -0.2) is 0 Å². The van der Waals surface area contributed by atoms with Crippen LogP contribution in [0.25, 0.3) is 11.6 Å². The molecule has 0 radical (unpaired) electrons. The third kappa shape index (κ3) is 6.39. The van der Waals surface area contributed by atoms with Crippen molar-refractivity contribution in [2.75, 3.05) is 20.3 Å². The third-order valence-electron chi connectivity index (χ3n) is 4.49. The molecule has 0 atom stereocenters. The smallest absolute Gasteiger partial charge is 0.269 e. The Morgan fingerprint density at radius 1 is 1.06 bits per heavy atom. The van der Waals surface area contributed by atoms with E-state index < -0.39 is 4.92 Å². The van der Waals surface area contributed by atoms with Gasteiger partial charge >= 0.3 is 0 Å². The molecule has 0 aromatic heterocycles. The minimum absolute atomic E-state index is 0.0677. The van der Waals surface area contributed by atoms with E-state index in [9.17, 15) is 15.4 Å². The number of allylic oxidation sites excluding steroid dienone is 1. The van der Waals surface area contributed by atoms with Gasteiger partial charge in [0, 0.05) is 28.8 Å². The molecule has 0 heterocycles. The molecule has 9 heteroatoms. The molecule has 0 amide bonds. The van der Waals surface area contributed by atoms with Crippen molar-refractivity contribution in [2.45, 2.75) is 0 Å². The Labute approximate surface area is 200 Å². The van der Waals surface area contributed by atoms with Gasteiger partial charge in [-0.3, -0.25) is 10.1 Å². The van der Waals surface area contributed by atoms with Crippen LogP contribution < -0.4 is 14.2 Å². The van der Waals surface area contributed by atoms with Crippen LogP contribution in [0.1, 0.15) is 11.1 Å². The molecule has 0 fully saturated rings. The maximum Gasteiger partial charge on any atom is 0.269 e. The standard InChI is InChI=1S/C24H18Cl2N2O5/c1-31-21-3-2-4-22(14-21)32-9-10-33-24-17(12-19(25)13-23(24)26)11-18(15-27)16-5-7-20(8-6-16)28(29)30/h2-8,11-14H,9-10H2,1H3. The van der Waals surface area contributed by atoms with Crippen LogP contribution in [0, 0.1) is 21.4 Å². The van der Waals surface area contributed by atoms with E-state index in [0.29, 0.717) is 33.4 Å². The number of rotatable bonds is 9. The van der Waals surface area contributed by atoms with Crippen molar-refractivity contribution < 1.29 is 19.1 Å². The van der Waals surface area contributed by atoms with E-state index in [1.54, 1.807) is 31.4 Å². The summed E-state index contributed by atoms with van der Waals surface area (Å²) in [5.74, 6) is 1.65. The SMILES string of the molecule is COc1cccc(OCCOc2c(Cl)cc(Cl)cc2C=C(C#N)c2ccc([N+](=O)[O-])cc2)c1. The fourth-order valence-corrected chi connectivity index (χ4v) is 3.50. The van der Waals surface area contributed by atoms with Crippen LogP contribution in [0.5, 0.6) is 17.2 Å². The van der Waals surface area contributed by atoms with Crippen LogP contribution in [0.2, 0.25) is 10.0 Å². The summed E-state index contributed by atoms with van der Waals surface area (Å²) in [4.78, 5) is 10.4. The van der Waals surface area contributed by atoms with Crippen LogP contribution >= 0.6 is 23.2 Å². The lowest BCUT2D eigenvalue weighted by atomic mass is 10.0. The van der Waals surface area contributed by atoms with Gasteiger partial charge < -0.3 is 14.2 Å². The van der Waals surface area contributed by atoms with Crippen molar-refractivity contribution in [1.29, 1.82) is 5.26 Å². The number of nitriles is 1. The summed E-state index contributed by atoms with van der Waals surface area (Å²) < 4.78 is 16.7. The van der Waals surface area contributed by atoms with E-state index in [1.165, 1.54) is 30.3 Å². The summed E-state index contributed by atoms with van der Waals surface area (Å²) in [6, 6.07) is 18.1. The number of non-ortho nitro benzene ring substituents is 1. The van der Waals surface area contributed by atoms with Gasteiger partial charge in [0.25, 0.3) is 5.69 Å². The minimum Gasteiger partial charge on any atom is -0.497 e. The Morgan fingerprint density at radius 2 is 1.76 bits per heavy atom. The highest BCUT2D eigenvalue weighted by atomic mass is 35.5. The molecule has 0 saturated carbocycles. The van der Waals surface area contributed by atoms with Crippen molar-refractivity contribution in [2.24, 2.45) is 0 Å². The zero-order valence-electron chi connectivity index (χ0n) is 17.5. The van der Waals surface area contributed by atoms with Crippen LogP contribution in [0.15, 0.2) is 60.7 Å². The highest BCUT2D eigenvalue weighted by Crippen LogP contribution is 2.35. The lowest BCUT2D eigenvalue weighted by Gasteiger charge is -2.13. The molecule has 0 spiro atoms. The number of ether oxygens (including phenoxy) is 3. The summed E-state index contributed by atoms with van der Waals surface area (Å²) in [6.07, 6.45) is 1.57. The van der Waals surface area contributed by atoms with E-state index in [2.05, 4.69) is 6.07 Å². The van der Waals surface area contributed by atoms with Gasteiger partial charge in [-0.1, -0.05) is 29.3 Å². The molecular weight excluding hydrogens is 467 g/mol. The van der Waals surface area contributed by atoms with Gasteiger partial charge in [-0.15, -0.1) is 0 Å². The number of nitro benzene ring substituents is 1. The Kier molecular flexibility index (Phi) is 8.14. The number of hydrogen-bond acceptors (Lipinski definition) is 6. The Balaban J connectivity index is 1.79. The second-order valence-corrected chi connectivity index (χ2v) is 7.50. The van der Waals surface area contributed by atoms with Crippen molar-refractivity contribution in [1.82, 2.24) is 0 Å². The predicted molar refractivity (Wildman–Crippen MR) is 127 cm³/mol. The minimum atomic E-state index is -0.504. The van der Waals surface area contributed by atoms with Gasteiger partial charge in [-0.2, -0.15) is 5.26 Å². The maximum absolute atomic E-state index is 10.9. The number of nitrogens with zero attached hydrogens (tertiary/aromatic N) is 2. The third-order valence-corrected chi connectivity index (χ3v) is 4.99.